The number of piperidine rings is 1. The van der Waals surface area contributed by atoms with Gasteiger partial charge in [0.25, 0.3) is 5.91 Å². The van der Waals surface area contributed by atoms with E-state index in [4.69, 9.17) is 0 Å². The zero-order valence-corrected chi connectivity index (χ0v) is 15.9. The SMILES string of the molecule is Cc1nc(CC2CCCN(c3ccnc(C)n3)C2)cc(C(=O)N(C)C)n1. The first kappa shape index (κ1) is 18.2. The first-order valence-corrected chi connectivity index (χ1v) is 9.03. The molecule has 0 N–H and O–H groups in total. The molecular formula is C19H26N6O. The van der Waals surface area contributed by atoms with E-state index in [0.717, 1.165) is 49.7 Å². The van der Waals surface area contributed by atoms with Crippen LogP contribution in [-0.4, -0.2) is 57.9 Å². The van der Waals surface area contributed by atoms with Gasteiger partial charge in [0.15, 0.2) is 0 Å². The molecule has 7 heteroatoms. The minimum atomic E-state index is -0.0847. The van der Waals surface area contributed by atoms with Gasteiger partial charge in [-0.2, -0.15) is 0 Å². The summed E-state index contributed by atoms with van der Waals surface area (Å²) in [5, 5.41) is 0. The Morgan fingerprint density at radius 2 is 2.04 bits per heavy atom. The predicted octanol–water partition coefficient (Wildman–Crippen LogP) is 2.04. The number of hydrogen-bond acceptors (Lipinski definition) is 6. The summed E-state index contributed by atoms with van der Waals surface area (Å²) in [4.78, 5) is 33.7. The first-order valence-electron chi connectivity index (χ1n) is 9.03. The van der Waals surface area contributed by atoms with Crippen LogP contribution in [-0.2, 0) is 6.42 Å². The van der Waals surface area contributed by atoms with E-state index in [9.17, 15) is 4.79 Å². The van der Waals surface area contributed by atoms with E-state index in [1.807, 2.05) is 32.2 Å². The number of rotatable bonds is 4. The molecule has 7 nitrogen and oxygen atoms in total. The predicted molar refractivity (Wildman–Crippen MR) is 100 cm³/mol. The Kier molecular flexibility index (Phi) is 5.44. The average molecular weight is 354 g/mol. The number of anilines is 1. The van der Waals surface area contributed by atoms with Crippen molar-refractivity contribution in [2.45, 2.75) is 33.1 Å². The third-order valence-corrected chi connectivity index (χ3v) is 4.62. The highest BCUT2D eigenvalue weighted by Crippen LogP contribution is 2.24. The standard InChI is InChI=1S/C19H26N6O/c1-13-20-8-7-18(23-13)25-9-5-6-15(12-25)10-16-11-17(19(26)24(3)4)22-14(2)21-16/h7-8,11,15H,5-6,9-10,12H2,1-4H3. The molecule has 1 aliphatic rings. The van der Waals surface area contributed by atoms with Crippen molar-refractivity contribution in [3.8, 4) is 0 Å². The van der Waals surface area contributed by atoms with Crippen molar-refractivity contribution >= 4 is 11.7 Å². The molecule has 1 amide bonds. The van der Waals surface area contributed by atoms with Gasteiger partial charge in [0.1, 0.15) is 23.2 Å². The van der Waals surface area contributed by atoms with Crippen molar-refractivity contribution in [3.63, 3.8) is 0 Å². The summed E-state index contributed by atoms with van der Waals surface area (Å²) < 4.78 is 0. The summed E-state index contributed by atoms with van der Waals surface area (Å²) in [6.07, 6.45) is 4.94. The smallest absolute Gasteiger partial charge is 0.272 e. The highest BCUT2D eigenvalue weighted by atomic mass is 16.2. The van der Waals surface area contributed by atoms with E-state index in [0.29, 0.717) is 17.4 Å². The largest absolute Gasteiger partial charge is 0.356 e. The van der Waals surface area contributed by atoms with E-state index in [2.05, 4.69) is 24.8 Å². The van der Waals surface area contributed by atoms with Gasteiger partial charge in [0.2, 0.25) is 0 Å². The Bertz CT molecular complexity index is 791. The number of amides is 1. The molecule has 1 aliphatic heterocycles. The van der Waals surface area contributed by atoms with Crippen LogP contribution in [0.4, 0.5) is 5.82 Å². The lowest BCUT2D eigenvalue weighted by Gasteiger charge is -2.33. The van der Waals surface area contributed by atoms with Crippen LogP contribution in [0.5, 0.6) is 0 Å². The van der Waals surface area contributed by atoms with Crippen molar-refractivity contribution in [2.24, 2.45) is 5.92 Å². The Morgan fingerprint density at radius 1 is 1.23 bits per heavy atom. The molecule has 1 saturated heterocycles. The zero-order valence-electron chi connectivity index (χ0n) is 15.9. The molecule has 0 spiro atoms. The zero-order chi connectivity index (χ0) is 18.7. The Labute approximate surface area is 154 Å². The van der Waals surface area contributed by atoms with Crippen LogP contribution >= 0.6 is 0 Å². The van der Waals surface area contributed by atoms with Crippen LogP contribution < -0.4 is 4.90 Å². The third-order valence-electron chi connectivity index (χ3n) is 4.62. The van der Waals surface area contributed by atoms with Gasteiger partial charge in [-0.25, -0.2) is 19.9 Å². The summed E-state index contributed by atoms with van der Waals surface area (Å²) in [6.45, 7) is 5.71. The number of aromatic nitrogens is 4. The van der Waals surface area contributed by atoms with Crippen molar-refractivity contribution in [3.05, 3.63) is 41.4 Å². The van der Waals surface area contributed by atoms with Crippen molar-refractivity contribution in [2.75, 3.05) is 32.1 Å². The Balaban J connectivity index is 1.73. The second kappa shape index (κ2) is 7.76. The van der Waals surface area contributed by atoms with Crippen molar-refractivity contribution in [1.29, 1.82) is 0 Å². The fourth-order valence-corrected chi connectivity index (χ4v) is 3.43. The second-order valence-electron chi connectivity index (χ2n) is 7.11. The molecule has 0 bridgehead atoms. The van der Waals surface area contributed by atoms with Crippen LogP contribution in [0, 0.1) is 19.8 Å². The van der Waals surface area contributed by atoms with Gasteiger partial charge in [-0.15, -0.1) is 0 Å². The molecule has 138 valence electrons. The summed E-state index contributed by atoms with van der Waals surface area (Å²) in [6, 6.07) is 3.81. The number of carbonyl (C=O) groups is 1. The first-order chi connectivity index (χ1) is 12.4. The topological polar surface area (TPSA) is 75.1 Å². The molecule has 1 unspecified atom stereocenters. The van der Waals surface area contributed by atoms with E-state index >= 15 is 0 Å². The summed E-state index contributed by atoms with van der Waals surface area (Å²) >= 11 is 0. The van der Waals surface area contributed by atoms with Crippen molar-refractivity contribution < 1.29 is 4.79 Å². The molecular weight excluding hydrogens is 328 g/mol. The average Bonchev–Trinajstić information content (AvgIpc) is 2.60. The fourth-order valence-electron chi connectivity index (χ4n) is 3.43. The molecule has 0 saturated carbocycles. The summed E-state index contributed by atoms with van der Waals surface area (Å²) in [5.41, 5.74) is 1.41. The van der Waals surface area contributed by atoms with E-state index < -0.39 is 0 Å². The minimum absolute atomic E-state index is 0.0847. The molecule has 26 heavy (non-hydrogen) atoms. The van der Waals surface area contributed by atoms with E-state index in [1.165, 1.54) is 0 Å². The van der Waals surface area contributed by atoms with Crippen LogP contribution in [0.15, 0.2) is 18.3 Å². The molecule has 3 heterocycles. The number of carbonyl (C=O) groups excluding carboxylic acids is 1. The van der Waals surface area contributed by atoms with E-state index in [-0.39, 0.29) is 5.91 Å². The Morgan fingerprint density at radius 3 is 2.77 bits per heavy atom. The van der Waals surface area contributed by atoms with Crippen LogP contribution in [0.3, 0.4) is 0 Å². The van der Waals surface area contributed by atoms with Crippen LogP contribution in [0.2, 0.25) is 0 Å². The molecule has 0 radical (unpaired) electrons. The van der Waals surface area contributed by atoms with Gasteiger partial charge in [-0.3, -0.25) is 4.79 Å². The number of hydrogen-bond donors (Lipinski definition) is 0. The number of nitrogens with zero attached hydrogens (tertiary/aromatic N) is 6. The van der Waals surface area contributed by atoms with Gasteiger partial charge in [-0.05, 0) is 51.2 Å². The van der Waals surface area contributed by atoms with Gasteiger partial charge in [0, 0.05) is 39.1 Å². The molecule has 1 fully saturated rings. The molecule has 2 aromatic heterocycles. The van der Waals surface area contributed by atoms with Gasteiger partial charge >= 0.3 is 0 Å². The molecule has 1 atom stereocenters. The maximum atomic E-state index is 12.2. The molecule has 2 aromatic rings. The minimum Gasteiger partial charge on any atom is -0.356 e. The lowest BCUT2D eigenvalue weighted by molar-refractivity contribution is 0.0821. The molecule has 0 aromatic carbocycles. The van der Waals surface area contributed by atoms with Gasteiger partial charge in [0.05, 0.1) is 0 Å². The van der Waals surface area contributed by atoms with Crippen LogP contribution in [0.1, 0.15) is 40.7 Å². The second-order valence-corrected chi connectivity index (χ2v) is 7.11. The van der Waals surface area contributed by atoms with Gasteiger partial charge < -0.3 is 9.80 Å². The fraction of sp³-hybridized carbons (Fsp3) is 0.526. The molecule has 3 rings (SSSR count). The monoisotopic (exact) mass is 354 g/mol. The maximum absolute atomic E-state index is 12.2. The summed E-state index contributed by atoms with van der Waals surface area (Å²) in [7, 11) is 3.48. The lowest BCUT2D eigenvalue weighted by Crippen LogP contribution is -2.37. The molecule has 0 aliphatic carbocycles. The quantitative estimate of drug-likeness (QED) is 0.836. The van der Waals surface area contributed by atoms with Crippen molar-refractivity contribution in [1.82, 2.24) is 24.8 Å². The summed E-state index contributed by atoms with van der Waals surface area (Å²) in [5.74, 6) is 2.83. The highest BCUT2D eigenvalue weighted by molar-refractivity contribution is 5.92. The normalized spacial score (nSPS) is 17.2. The Hall–Kier alpha value is -2.57. The number of aryl methyl sites for hydroxylation is 2. The van der Waals surface area contributed by atoms with Gasteiger partial charge in [-0.1, -0.05) is 0 Å². The lowest BCUT2D eigenvalue weighted by atomic mass is 9.93. The van der Waals surface area contributed by atoms with Crippen LogP contribution in [0.25, 0.3) is 0 Å². The third kappa shape index (κ3) is 4.33. The van der Waals surface area contributed by atoms with E-state index in [1.54, 1.807) is 19.0 Å². The highest BCUT2D eigenvalue weighted by Gasteiger charge is 2.23. The maximum Gasteiger partial charge on any atom is 0.272 e.